The number of fused-ring (bicyclic) bond motifs is 1. The third-order valence-electron chi connectivity index (χ3n) is 4.45. The van der Waals surface area contributed by atoms with Crippen LogP contribution in [0.2, 0.25) is 0 Å². The fraction of sp³-hybridized carbons (Fsp3) is 0.316. The summed E-state index contributed by atoms with van der Waals surface area (Å²) in [5.41, 5.74) is 2.50. The minimum Gasteiger partial charge on any atom is -0.550 e. The van der Waals surface area contributed by atoms with Crippen LogP contribution in [-0.4, -0.2) is 17.7 Å². The van der Waals surface area contributed by atoms with E-state index in [1.807, 2.05) is 30.3 Å². The van der Waals surface area contributed by atoms with Crippen LogP contribution in [0.25, 0.3) is 0 Å². The number of aliphatic hydroxyl groups is 1. The Bertz CT molecular complexity index is 702. The Morgan fingerprint density at radius 1 is 1.29 bits per heavy atom. The molecule has 2 aromatic rings. The maximum atomic E-state index is 11.0. The standard InChI is InChI=1S/C19H20O4.Na/c1-12(19(21)22)14-7-8-16-17(10-14)23-11-15(18(16)20)9-13-5-3-2-4-6-13;/h2-8,10,12,15,18,20H,9,11H2,1H3,(H,21,22);/q;+1/p-1/t12?,15-,18+;/m0./s1. The van der Waals surface area contributed by atoms with Crippen molar-refractivity contribution in [1.82, 2.24) is 0 Å². The SMILES string of the molecule is CC(C(=O)[O-])c1ccc2c(c1)OC[C@H](Cc1ccccc1)[C@H]2O.[Na+]. The van der Waals surface area contributed by atoms with Gasteiger partial charge in [0.25, 0.3) is 0 Å². The van der Waals surface area contributed by atoms with E-state index in [1.54, 1.807) is 25.1 Å². The molecule has 1 unspecified atom stereocenters. The third-order valence-corrected chi connectivity index (χ3v) is 4.45. The molecule has 0 bridgehead atoms. The van der Waals surface area contributed by atoms with E-state index in [4.69, 9.17) is 4.74 Å². The second-order valence-corrected chi connectivity index (χ2v) is 6.04. The molecule has 1 aliphatic rings. The van der Waals surface area contributed by atoms with Gasteiger partial charge in [0, 0.05) is 23.4 Å². The van der Waals surface area contributed by atoms with Crippen molar-refractivity contribution < 1.29 is 49.3 Å². The predicted molar refractivity (Wildman–Crippen MR) is 84.0 cm³/mol. The second-order valence-electron chi connectivity index (χ2n) is 6.04. The maximum Gasteiger partial charge on any atom is 1.00 e. The zero-order valence-corrected chi connectivity index (χ0v) is 15.9. The van der Waals surface area contributed by atoms with Crippen molar-refractivity contribution in [2.24, 2.45) is 5.92 Å². The van der Waals surface area contributed by atoms with Crippen molar-refractivity contribution in [3.63, 3.8) is 0 Å². The van der Waals surface area contributed by atoms with Crippen molar-refractivity contribution >= 4 is 5.97 Å². The quantitative estimate of drug-likeness (QED) is 0.716. The van der Waals surface area contributed by atoms with Crippen LogP contribution in [0, 0.1) is 5.92 Å². The minimum atomic E-state index is -1.12. The fourth-order valence-corrected chi connectivity index (χ4v) is 2.96. The summed E-state index contributed by atoms with van der Waals surface area (Å²) in [5.74, 6) is -1.28. The van der Waals surface area contributed by atoms with Crippen LogP contribution in [-0.2, 0) is 11.2 Å². The minimum absolute atomic E-state index is 0. The molecular weight excluding hydrogens is 315 g/mol. The summed E-state index contributed by atoms with van der Waals surface area (Å²) >= 11 is 0. The Kier molecular flexibility index (Phi) is 6.47. The van der Waals surface area contributed by atoms with Crippen molar-refractivity contribution in [3.05, 3.63) is 65.2 Å². The smallest absolute Gasteiger partial charge is 0.550 e. The van der Waals surface area contributed by atoms with Crippen molar-refractivity contribution in [2.45, 2.75) is 25.4 Å². The monoisotopic (exact) mass is 334 g/mol. The summed E-state index contributed by atoms with van der Waals surface area (Å²) in [6.45, 7) is 1.99. The van der Waals surface area contributed by atoms with Gasteiger partial charge in [0.2, 0.25) is 0 Å². The van der Waals surface area contributed by atoms with Gasteiger partial charge in [-0.1, -0.05) is 49.4 Å². The molecule has 0 saturated heterocycles. The van der Waals surface area contributed by atoms with Gasteiger partial charge < -0.3 is 19.7 Å². The Morgan fingerprint density at radius 3 is 2.67 bits per heavy atom. The van der Waals surface area contributed by atoms with E-state index in [9.17, 15) is 15.0 Å². The summed E-state index contributed by atoms with van der Waals surface area (Å²) in [6.07, 6.45) is 0.116. The molecule has 0 aromatic heterocycles. The van der Waals surface area contributed by atoms with Crippen molar-refractivity contribution in [1.29, 1.82) is 0 Å². The van der Waals surface area contributed by atoms with Crippen LogP contribution < -0.4 is 39.4 Å². The molecule has 0 saturated carbocycles. The summed E-state index contributed by atoms with van der Waals surface area (Å²) in [4.78, 5) is 11.0. The van der Waals surface area contributed by atoms with Crippen molar-refractivity contribution in [2.75, 3.05) is 6.61 Å². The van der Waals surface area contributed by atoms with Gasteiger partial charge in [0.15, 0.2) is 0 Å². The topological polar surface area (TPSA) is 69.6 Å². The largest absolute Gasteiger partial charge is 1.00 e. The van der Waals surface area contributed by atoms with Gasteiger partial charge in [0.05, 0.1) is 12.7 Å². The molecular formula is C19H19NaO4. The van der Waals surface area contributed by atoms with E-state index in [2.05, 4.69) is 0 Å². The Labute approximate surface area is 163 Å². The van der Waals surface area contributed by atoms with E-state index in [0.29, 0.717) is 23.5 Å². The van der Waals surface area contributed by atoms with Gasteiger partial charge in [-0.05, 0) is 23.6 Å². The average Bonchev–Trinajstić information content (AvgIpc) is 2.57. The molecule has 0 aliphatic carbocycles. The zero-order chi connectivity index (χ0) is 16.4. The number of carbonyl (C=O) groups is 1. The molecule has 2 aromatic carbocycles. The number of carboxylic acids is 1. The molecule has 0 fully saturated rings. The van der Waals surface area contributed by atoms with E-state index < -0.39 is 18.0 Å². The van der Waals surface area contributed by atoms with Crippen molar-refractivity contribution in [3.8, 4) is 5.75 Å². The summed E-state index contributed by atoms with van der Waals surface area (Å²) < 4.78 is 5.78. The zero-order valence-electron chi connectivity index (χ0n) is 13.9. The molecule has 120 valence electrons. The summed E-state index contributed by atoms with van der Waals surface area (Å²) in [7, 11) is 0. The van der Waals surface area contributed by atoms with Gasteiger partial charge in [-0.25, -0.2) is 0 Å². The van der Waals surface area contributed by atoms with E-state index in [0.717, 1.165) is 12.0 Å². The number of aliphatic hydroxyl groups excluding tert-OH is 1. The third kappa shape index (κ3) is 4.01. The van der Waals surface area contributed by atoms with Gasteiger partial charge in [-0.3, -0.25) is 0 Å². The summed E-state index contributed by atoms with van der Waals surface area (Å²) in [5, 5.41) is 21.6. The van der Waals surface area contributed by atoms with Crippen LogP contribution in [0.1, 0.15) is 35.6 Å². The van der Waals surface area contributed by atoms with Gasteiger partial charge in [-0.15, -0.1) is 0 Å². The number of carboxylic acid groups (broad SMARTS) is 1. The molecule has 0 spiro atoms. The van der Waals surface area contributed by atoms with E-state index in [1.165, 1.54) is 0 Å². The van der Waals surface area contributed by atoms with E-state index >= 15 is 0 Å². The first-order valence-electron chi connectivity index (χ1n) is 7.75. The fourth-order valence-electron chi connectivity index (χ4n) is 2.96. The molecule has 1 aliphatic heterocycles. The Hall–Kier alpha value is -1.33. The molecule has 5 heteroatoms. The molecule has 1 N–H and O–H groups in total. The number of ether oxygens (including phenoxy) is 1. The second kappa shape index (κ2) is 8.17. The first-order chi connectivity index (χ1) is 11.1. The normalized spacial score (nSPS) is 20.2. The van der Waals surface area contributed by atoms with Crippen LogP contribution in [0.15, 0.2) is 48.5 Å². The van der Waals surface area contributed by atoms with Gasteiger partial charge in [-0.2, -0.15) is 0 Å². The van der Waals surface area contributed by atoms with Crippen LogP contribution >= 0.6 is 0 Å². The number of hydrogen-bond acceptors (Lipinski definition) is 4. The van der Waals surface area contributed by atoms with Gasteiger partial charge >= 0.3 is 29.6 Å². The molecule has 0 radical (unpaired) electrons. The molecule has 3 atom stereocenters. The number of carbonyl (C=O) groups excluding carboxylic acids is 1. The molecule has 3 rings (SSSR count). The Morgan fingerprint density at radius 2 is 2.00 bits per heavy atom. The average molecular weight is 334 g/mol. The van der Waals surface area contributed by atoms with Crippen LogP contribution in [0.3, 0.4) is 0 Å². The van der Waals surface area contributed by atoms with E-state index in [-0.39, 0.29) is 35.5 Å². The first-order valence-corrected chi connectivity index (χ1v) is 7.75. The molecule has 0 amide bonds. The van der Waals surface area contributed by atoms with Crippen LogP contribution in [0.5, 0.6) is 5.75 Å². The maximum absolute atomic E-state index is 11.0. The molecule has 1 heterocycles. The molecule has 4 nitrogen and oxygen atoms in total. The number of rotatable bonds is 4. The summed E-state index contributed by atoms with van der Waals surface area (Å²) in [6, 6.07) is 15.2. The number of hydrogen-bond donors (Lipinski definition) is 1. The van der Waals surface area contributed by atoms with Gasteiger partial charge in [0.1, 0.15) is 5.75 Å². The molecule has 24 heavy (non-hydrogen) atoms. The Balaban J connectivity index is 0.00000208. The first kappa shape index (κ1) is 19.0. The van der Waals surface area contributed by atoms with Crippen LogP contribution in [0.4, 0.5) is 0 Å². The predicted octanol–water partition coefficient (Wildman–Crippen LogP) is -1.17. The number of benzene rings is 2. The number of aliphatic carboxylic acids is 1.